The topological polar surface area (TPSA) is 24.9 Å². The van der Waals surface area contributed by atoms with E-state index in [9.17, 15) is 0 Å². The molecule has 0 saturated carbocycles. The van der Waals surface area contributed by atoms with Gasteiger partial charge in [-0.05, 0) is 24.5 Å². The van der Waals surface area contributed by atoms with Crippen LogP contribution >= 0.6 is 11.3 Å². The number of aryl methyl sites for hydroxylation is 2. The van der Waals surface area contributed by atoms with Gasteiger partial charge in [0, 0.05) is 24.2 Å². The highest BCUT2D eigenvalue weighted by molar-refractivity contribution is 7.11. The van der Waals surface area contributed by atoms with E-state index in [2.05, 4.69) is 48.4 Å². The minimum absolute atomic E-state index is 0.860. The molecule has 0 unspecified atom stereocenters. The van der Waals surface area contributed by atoms with Gasteiger partial charge in [-0.15, -0.1) is 11.3 Å². The Labute approximate surface area is 107 Å². The van der Waals surface area contributed by atoms with Crippen LogP contribution in [0.1, 0.15) is 27.9 Å². The maximum Gasteiger partial charge on any atom is 0.107 e. The molecule has 90 valence electrons. The highest BCUT2D eigenvalue weighted by Crippen LogP contribution is 2.13. The normalized spacial score (nSPS) is 10.7. The lowest BCUT2D eigenvalue weighted by atomic mass is 10.1. The minimum atomic E-state index is 0.860. The molecule has 0 aliphatic heterocycles. The summed E-state index contributed by atoms with van der Waals surface area (Å²) in [6.07, 6.45) is 3.06. The molecule has 1 aromatic heterocycles. The zero-order chi connectivity index (χ0) is 12.1. The van der Waals surface area contributed by atoms with Crippen LogP contribution in [0, 0.1) is 6.92 Å². The predicted molar refractivity (Wildman–Crippen MR) is 73.2 cm³/mol. The fourth-order valence-electron chi connectivity index (χ4n) is 1.71. The van der Waals surface area contributed by atoms with E-state index < -0.39 is 0 Å². The van der Waals surface area contributed by atoms with Gasteiger partial charge < -0.3 is 5.32 Å². The number of nitrogens with one attached hydrogen (secondary N) is 1. The molecule has 0 atom stereocenters. The standard InChI is InChI=1S/C14H18N2S/c1-3-13-9-16-14(17-13)10-15-8-12-7-5-4-6-11(12)2/h4-7,9,15H,3,8,10H2,1-2H3. The number of thiazole rings is 1. The van der Waals surface area contributed by atoms with Crippen molar-refractivity contribution < 1.29 is 0 Å². The molecule has 0 fully saturated rings. The van der Waals surface area contributed by atoms with Gasteiger partial charge in [-0.2, -0.15) is 0 Å². The second-order valence-electron chi connectivity index (χ2n) is 4.10. The first kappa shape index (κ1) is 12.3. The van der Waals surface area contributed by atoms with Crippen LogP contribution in [0.5, 0.6) is 0 Å². The summed E-state index contributed by atoms with van der Waals surface area (Å²) >= 11 is 1.80. The summed E-state index contributed by atoms with van der Waals surface area (Å²) in [6.45, 7) is 6.08. The van der Waals surface area contributed by atoms with E-state index >= 15 is 0 Å². The van der Waals surface area contributed by atoms with Crippen LogP contribution in [-0.2, 0) is 19.5 Å². The molecular formula is C14H18N2S. The molecule has 2 aromatic rings. The Morgan fingerprint density at radius 3 is 2.76 bits per heavy atom. The van der Waals surface area contributed by atoms with Gasteiger partial charge in [0.1, 0.15) is 5.01 Å². The minimum Gasteiger partial charge on any atom is -0.306 e. The first-order valence-electron chi connectivity index (χ1n) is 5.98. The lowest BCUT2D eigenvalue weighted by molar-refractivity contribution is 0.687. The summed E-state index contributed by atoms with van der Waals surface area (Å²) in [5, 5.41) is 4.62. The van der Waals surface area contributed by atoms with Crippen molar-refractivity contribution in [2.75, 3.05) is 0 Å². The summed E-state index contributed by atoms with van der Waals surface area (Å²) in [7, 11) is 0. The molecule has 0 radical (unpaired) electrons. The average Bonchev–Trinajstić information content (AvgIpc) is 2.80. The van der Waals surface area contributed by atoms with E-state index in [0.717, 1.165) is 19.5 Å². The zero-order valence-corrected chi connectivity index (χ0v) is 11.2. The van der Waals surface area contributed by atoms with Crippen molar-refractivity contribution >= 4 is 11.3 Å². The number of hydrogen-bond donors (Lipinski definition) is 1. The molecule has 17 heavy (non-hydrogen) atoms. The third kappa shape index (κ3) is 3.38. The van der Waals surface area contributed by atoms with Crippen LogP contribution in [0.3, 0.4) is 0 Å². The van der Waals surface area contributed by atoms with E-state index in [1.165, 1.54) is 21.0 Å². The van der Waals surface area contributed by atoms with Crippen LogP contribution < -0.4 is 5.32 Å². The zero-order valence-electron chi connectivity index (χ0n) is 10.4. The number of aromatic nitrogens is 1. The van der Waals surface area contributed by atoms with Gasteiger partial charge in [-0.25, -0.2) is 4.98 Å². The summed E-state index contributed by atoms with van der Waals surface area (Å²) in [5.74, 6) is 0. The fraction of sp³-hybridized carbons (Fsp3) is 0.357. The smallest absolute Gasteiger partial charge is 0.107 e. The highest BCUT2D eigenvalue weighted by atomic mass is 32.1. The molecule has 1 heterocycles. The Kier molecular flexibility index (Phi) is 4.29. The molecule has 3 heteroatoms. The van der Waals surface area contributed by atoms with Crippen molar-refractivity contribution in [3.05, 3.63) is 51.5 Å². The van der Waals surface area contributed by atoms with Crippen LogP contribution in [-0.4, -0.2) is 4.98 Å². The SMILES string of the molecule is CCc1cnc(CNCc2ccccc2C)s1. The van der Waals surface area contributed by atoms with Crippen LogP contribution in [0.15, 0.2) is 30.5 Å². The van der Waals surface area contributed by atoms with Crippen LogP contribution in [0.4, 0.5) is 0 Å². The number of benzene rings is 1. The maximum absolute atomic E-state index is 4.40. The van der Waals surface area contributed by atoms with Crippen molar-refractivity contribution in [1.29, 1.82) is 0 Å². The summed E-state index contributed by atoms with van der Waals surface area (Å²) < 4.78 is 0. The maximum atomic E-state index is 4.40. The molecule has 0 aliphatic carbocycles. The Morgan fingerprint density at radius 1 is 1.24 bits per heavy atom. The van der Waals surface area contributed by atoms with Crippen molar-refractivity contribution in [1.82, 2.24) is 10.3 Å². The van der Waals surface area contributed by atoms with Gasteiger partial charge in [-0.3, -0.25) is 0 Å². The van der Waals surface area contributed by atoms with Crippen LogP contribution in [0.25, 0.3) is 0 Å². The molecule has 0 spiro atoms. The molecule has 1 aromatic carbocycles. The molecule has 0 bridgehead atoms. The molecule has 0 saturated heterocycles. The second-order valence-corrected chi connectivity index (χ2v) is 5.30. The van der Waals surface area contributed by atoms with Crippen molar-refractivity contribution in [2.45, 2.75) is 33.4 Å². The summed E-state index contributed by atoms with van der Waals surface area (Å²) in [5.41, 5.74) is 2.70. The molecule has 2 rings (SSSR count). The quantitative estimate of drug-likeness (QED) is 0.875. The Morgan fingerprint density at radius 2 is 2.06 bits per heavy atom. The average molecular weight is 246 g/mol. The van der Waals surface area contributed by atoms with Gasteiger partial charge >= 0.3 is 0 Å². The van der Waals surface area contributed by atoms with E-state index in [1.807, 2.05) is 6.20 Å². The lowest BCUT2D eigenvalue weighted by Crippen LogP contribution is -2.13. The number of hydrogen-bond acceptors (Lipinski definition) is 3. The first-order valence-corrected chi connectivity index (χ1v) is 6.80. The van der Waals surface area contributed by atoms with Crippen molar-refractivity contribution in [3.8, 4) is 0 Å². The predicted octanol–water partition coefficient (Wildman–Crippen LogP) is 3.30. The summed E-state index contributed by atoms with van der Waals surface area (Å²) in [4.78, 5) is 5.76. The molecule has 0 aliphatic rings. The largest absolute Gasteiger partial charge is 0.306 e. The highest BCUT2D eigenvalue weighted by Gasteiger charge is 2.01. The lowest BCUT2D eigenvalue weighted by Gasteiger charge is -2.05. The van der Waals surface area contributed by atoms with E-state index in [0.29, 0.717) is 0 Å². The molecule has 0 amide bonds. The van der Waals surface area contributed by atoms with Crippen molar-refractivity contribution in [3.63, 3.8) is 0 Å². The third-order valence-corrected chi connectivity index (χ3v) is 3.94. The summed E-state index contributed by atoms with van der Waals surface area (Å²) in [6, 6.07) is 8.48. The van der Waals surface area contributed by atoms with E-state index in [4.69, 9.17) is 0 Å². The van der Waals surface area contributed by atoms with E-state index in [-0.39, 0.29) is 0 Å². The Hall–Kier alpha value is -1.19. The fourth-order valence-corrected chi connectivity index (χ4v) is 2.54. The van der Waals surface area contributed by atoms with Gasteiger partial charge in [-0.1, -0.05) is 31.2 Å². The number of rotatable bonds is 5. The first-order chi connectivity index (χ1) is 8.29. The Bertz CT molecular complexity index is 477. The van der Waals surface area contributed by atoms with Gasteiger partial charge in [0.15, 0.2) is 0 Å². The van der Waals surface area contributed by atoms with Gasteiger partial charge in [0.25, 0.3) is 0 Å². The third-order valence-electron chi connectivity index (χ3n) is 2.80. The molecule has 1 N–H and O–H groups in total. The van der Waals surface area contributed by atoms with E-state index in [1.54, 1.807) is 11.3 Å². The van der Waals surface area contributed by atoms with Gasteiger partial charge in [0.2, 0.25) is 0 Å². The monoisotopic (exact) mass is 246 g/mol. The molecule has 2 nitrogen and oxygen atoms in total. The van der Waals surface area contributed by atoms with Crippen molar-refractivity contribution in [2.24, 2.45) is 0 Å². The second kappa shape index (κ2) is 5.94. The number of nitrogens with zero attached hydrogens (tertiary/aromatic N) is 1. The van der Waals surface area contributed by atoms with Gasteiger partial charge in [0.05, 0.1) is 0 Å². The van der Waals surface area contributed by atoms with Crippen LogP contribution in [0.2, 0.25) is 0 Å². The molecular weight excluding hydrogens is 228 g/mol. The Balaban J connectivity index is 1.85.